The van der Waals surface area contributed by atoms with Crippen LogP contribution in [0.25, 0.3) is 10.9 Å². The Morgan fingerprint density at radius 3 is 2.48 bits per heavy atom. The first-order chi connectivity index (χ1) is 13.9. The number of rotatable bonds is 11. The standard InChI is InChI=1S/C23H36N4O2/c1-6-8-9-10-15-21(28)27(17-16-25(3)4)20(7-2)22-24-19-14-12-11-13-18(19)23(29)26(22)5/h11-14,20H,6-10,15-17H2,1-5H3. The Hall–Kier alpha value is -2.21. The molecule has 1 heterocycles. The van der Waals surface area contributed by atoms with E-state index >= 15 is 0 Å². The summed E-state index contributed by atoms with van der Waals surface area (Å²) in [5.41, 5.74) is 0.624. The molecule has 1 unspecified atom stereocenters. The molecule has 6 heteroatoms. The van der Waals surface area contributed by atoms with E-state index in [1.54, 1.807) is 17.7 Å². The third kappa shape index (κ3) is 5.89. The van der Waals surface area contributed by atoms with Gasteiger partial charge in [0.1, 0.15) is 5.82 Å². The summed E-state index contributed by atoms with van der Waals surface area (Å²) in [6.07, 6.45) is 5.55. The van der Waals surface area contributed by atoms with Gasteiger partial charge >= 0.3 is 0 Å². The van der Waals surface area contributed by atoms with Crippen LogP contribution in [0.5, 0.6) is 0 Å². The molecule has 0 radical (unpaired) electrons. The number of para-hydroxylation sites is 1. The lowest BCUT2D eigenvalue weighted by atomic mass is 10.1. The Morgan fingerprint density at radius 2 is 1.83 bits per heavy atom. The fourth-order valence-electron chi connectivity index (χ4n) is 3.68. The van der Waals surface area contributed by atoms with Gasteiger partial charge in [-0.25, -0.2) is 4.98 Å². The third-order valence-corrected chi connectivity index (χ3v) is 5.43. The highest BCUT2D eigenvalue weighted by atomic mass is 16.2. The number of benzene rings is 1. The van der Waals surface area contributed by atoms with Gasteiger partial charge < -0.3 is 9.80 Å². The Labute approximate surface area is 174 Å². The zero-order valence-electron chi connectivity index (χ0n) is 18.6. The number of carbonyl (C=O) groups excluding carboxylic acids is 1. The van der Waals surface area contributed by atoms with E-state index in [4.69, 9.17) is 4.98 Å². The average molecular weight is 401 g/mol. The molecule has 29 heavy (non-hydrogen) atoms. The first-order valence-corrected chi connectivity index (χ1v) is 10.8. The van der Waals surface area contributed by atoms with Crippen LogP contribution < -0.4 is 5.56 Å². The van der Waals surface area contributed by atoms with Gasteiger partial charge in [-0.3, -0.25) is 14.2 Å². The molecule has 0 saturated carbocycles. The molecule has 0 aliphatic heterocycles. The Kier molecular flexibility index (Phi) is 8.83. The van der Waals surface area contributed by atoms with Crippen molar-refractivity contribution in [3.63, 3.8) is 0 Å². The molecule has 160 valence electrons. The minimum atomic E-state index is -0.212. The molecule has 0 N–H and O–H groups in total. The number of hydrogen-bond acceptors (Lipinski definition) is 4. The molecule has 1 amide bonds. The van der Waals surface area contributed by atoms with Crippen LogP contribution in [0.3, 0.4) is 0 Å². The van der Waals surface area contributed by atoms with Gasteiger partial charge in [-0.1, -0.05) is 45.2 Å². The summed E-state index contributed by atoms with van der Waals surface area (Å²) in [5.74, 6) is 0.814. The Morgan fingerprint density at radius 1 is 1.10 bits per heavy atom. The Bertz CT molecular complexity index is 860. The lowest BCUT2D eigenvalue weighted by Crippen LogP contribution is -2.41. The second-order valence-electron chi connectivity index (χ2n) is 7.98. The quantitative estimate of drug-likeness (QED) is 0.539. The van der Waals surface area contributed by atoms with E-state index in [1.165, 1.54) is 0 Å². The lowest BCUT2D eigenvalue weighted by Gasteiger charge is -2.33. The van der Waals surface area contributed by atoms with Gasteiger partial charge in [-0.05, 0) is 39.1 Å². The molecule has 0 aliphatic rings. The summed E-state index contributed by atoms with van der Waals surface area (Å²) in [5, 5.41) is 0.610. The normalized spacial score (nSPS) is 12.5. The number of fused-ring (bicyclic) bond motifs is 1. The van der Waals surface area contributed by atoms with E-state index in [-0.39, 0.29) is 17.5 Å². The van der Waals surface area contributed by atoms with Crippen molar-refractivity contribution in [1.82, 2.24) is 19.4 Å². The fourth-order valence-corrected chi connectivity index (χ4v) is 3.68. The maximum absolute atomic E-state index is 13.1. The SMILES string of the molecule is CCCCCCC(=O)N(CCN(C)C)C(CC)c1nc2ccccc2c(=O)n1C. The molecular weight excluding hydrogens is 364 g/mol. The van der Waals surface area contributed by atoms with Crippen molar-refractivity contribution in [2.24, 2.45) is 7.05 Å². The highest BCUT2D eigenvalue weighted by Gasteiger charge is 2.27. The van der Waals surface area contributed by atoms with Crippen LogP contribution in [-0.4, -0.2) is 52.4 Å². The van der Waals surface area contributed by atoms with Crippen LogP contribution in [0.2, 0.25) is 0 Å². The van der Waals surface area contributed by atoms with E-state index in [2.05, 4.69) is 18.7 Å². The summed E-state index contributed by atoms with van der Waals surface area (Å²) < 4.78 is 1.61. The van der Waals surface area contributed by atoms with Crippen molar-refractivity contribution in [3.05, 3.63) is 40.4 Å². The van der Waals surface area contributed by atoms with Crippen molar-refractivity contribution in [2.45, 2.75) is 58.4 Å². The molecule has 0 saturated heterocycles. The van der Waals surface area contributed by atoms with Gasteiger partial charge in [-0.2, -0.15) is 0 Å². The molecule has 2 aromatic rings. The summed E-state index contributed by atoms with van der Waals surface area (Å²) in [6.45, 7) is 5.63. The topological polar surface area (TPSA) is 58.4 Å². The predicted octanol–water partition coefficient (Wildman–Crippen LogP) is 3.75. The number of amides is 1. The minimum absolute atomic E-state index is 0.0630. The molecule has 0 bridgehead atoms. The van der Waals surface area contributed by atoms with E-state index in [1.807, 2.05) is 37.2 Å². The van der Waals surface area contributed by atoms with Gasteiger partial charge in [0.25, 0.3) is 5.56 Å². The average Bonchev–Trinajstić information content (AvgIpc) is 2.71. The molecule has 0 spiro atoms. The molecule has 1 aromatic heterocycles. The number of aromatic nitrogens is 2. The molecule has 0 aliphatic carbocycles. The molecule has 0 fully saturated rings. The van der Waals surface area contributed by atoms with E-state index < -0.39 is 0 Å². The van der Waals surface area contributed by atoms with Crippen LogP contribution in [-0.2, 0) is 11.8 Å². The van der Waals surface area contributed by atoms with E-state index in [0.29, 0.717) is 36.1 Å². The Balaban J connectivity index is 2.38. The predicted molar refractivity (Wildman–Crippen MR) is 119 cm³/mol. The monoisotopic (exact) mass is 400 g/mol. The van der Waals surface area contributed by atoms with E-state index in [9.17, 15) is 9.59 Å². The summed E-state index contributed by atoms with van der Waals surface area (Å²) in [7, 11) is 5.78. The molecular formula is C23H36N4O2. The maximum atomic E-state index is 13.1. The van der Waals surface area contributed by atoms with Crippen molar-refractivity contribution < 1.29 is 4.79 Å². The smallest absolute Gasteiger partial charge is 0.261 e. The largest absolute Gasteiger partial charge is 0.331 e. The van der Waals surface area contributed by atoms with Crippen molar-refractivity contribution in [2.75, 3.05) is 27.2 Å². The second-order valence-corrected chi connectivity index (χ2v) is 7.98. The summed E-state index contributed by atoms with van der Waals surface area (Å²) in [6, 6.07) is 7.20. The second kappa shape index (κ2) is 11.1. The molecule has 6 nitrogen and oxygen atoms in total. The zero-order chi connectivity index (χ0) is 21.4. The van der Waals surface area contributed by atoms with Crippen LogP contribution in [0.1, 0.15) is 64.2 Å². The van der Waals surface area contributed by atoms with Crippen molar-refractivity contribution in [1.29, 1.82) is 0 Å². The van der Waals surface area contributed by atoms with Gasteiger partial charge in [0.2, 0.25) is 5.91 Å². The van der Waals surface area contributed by atoms with Crippen molar-refractivity contribution in [3.8, 4) is 0 Å². The number of hydrogen-bond donors (Lipinski definition) is 0. The zero-order valence-corrected chi connectivity index (χ0v) is 18.6. The molecule has 1 aromatic carbocycles. The van der Waals surface area contributed by atoms with Crippen LogP contribution >= 0.6 is 0 Å². The minimum Gasteiger partial charge on any atom is -0.331 e. The molecule has 1 atom stereocenters. The van der Waals surface area contributed by atoms with Gasteiger partial charge in [-0.15, -0.1) is 0 Å². The first-order valence-electron chi connectivity index (χ1n) is 10.8. The highest BCUT2D eigenvalue weighted by Crippen LogP contribution is 2.24. The summed E-state index contributed by atoms with van der Waals surface area (Å²) in [4.78, 5) is 34.8. The number of likely N-dealkylation sites (N-methyl/N-ethyl adjacent to an activating group) is 1. The lowest BCUT2D eigenvalue weighted by molar-refractivity contribution is -0.134. The summed E-state index contributed by atoms with van der Waals surface area (Å²) >= 11 is 0. The van der Waals surface area contributed by atoms with Gasteiger partial charge in [0.05, 0.1) is 16.9 Å². The van der Waals surface area contributed by atoms with Crippen molar-refractivity contribution >= 4 is 16.8 Å². The number of carbonyl (C=O) groups is 1. The maximum Gasteiger partial charge on any atom is 0.261 e. The van der Waals surface area contributed by atoms with E-state index in [0.717, 1.165) is 32.2 Å². The van der Waals surface area contributed by atoms with Gasteiger partial charge in [0.15, 0.2) is 0 Å². The third-order valence-electron chi connectivity index (χ3n) is 5.43. The fraction of sp³-hybridized carbons (Fsp3) is 0.609. The van der Waals surface area contributed by atoms with Crippen LogP contribution in [0.4, 0.5) is 0 Å². The van der Waals surface area contributed by atoms with Crippen LogP contribution in [0.15, 0.2) is 29.1 Å². The molecule has 2 rings (SSSR count). The van der Waals surface area contributed by atoms with Crippen LogP contribution in [0, 0.1) is 0 Å². The van der Waals surface area contributed by atoms with Gasteiger partial charge in [0, 0.05) is 26.6 Å². The highest BCUT2D eigenvalue weighted by molar-refractivity contribution is 5.78. The number of unbranched alkanes of at least 4 members (excludes halogenated alkanes) is 3. The first kappa shape index (κ1) is 23.1. The number of nitrogens with zero attached hydrogens (tertiary/aromatic N) is 4.